The summed E-state index contributed by atoms with van der Waals surface area (Å²) in [6.07, 6.45) is 23.6. The van der Waals surface area contributed by atoms with E-state index in [9.17, 15) is 0 Å². The van der Waals surface area contributed by atoms with Crippen molar-refractivity contribution in [3.63, 3.8) is 0 Å². The Morgan fingerprint density at radius 3 is 1.25 bits per heavy atom. The predicted octanol–water partition coefficient (Wildman–Crippen LogP) is 8.27. The first kappa shape index (κ1) is 24.7. The number of hydrogen-bond acceptors (Lipinski definition) is 0. The molecule has 1 aromatic carbocycles. The molecule has 0 amide bonds. The van der Waals surface area contributed by atoms with Gasteiger partial charge in [0.15, 0.2) is 0 Å². The van der Waals surface area contributed by atoms with Crippen LogP contribution in [0.15, 0.2) is 30.3 Å². The molecule has 4 rings (SSSR count). The normalized spacial score (nSPS) is 22.1. The second-order valence-electron chi connectivity index (χ2n) is 8.84. The van der Waals surface area contributed by atoms with E-state index in [4.69, 9.17) is 0 Å². The van der Waals surface area contributed by atoms with Crippen LogP contribution in [0.3, 0.4) is 0 Å². The molecular weight excluding hydrogens is 468 g/mol. The summed E-state index contributed by atoms with van der Waals surface area (Å²) < 4.78 is 2.01. The molecule has 3 fully saturated rings. The summed E-state index contributed by atoms with van der Waals surface area (Å²) in [7, 11) is 0.385. The molecule has 0 radical (unpaired) electrons. The fourth-order valence-electron chi connectivity index (χ4n) is 5.55. The molecule has 0 unspecified atom stereocenters. The van der Waals surface area contributed by atoms with Gasteiger partial charge in [0, 0.05) is 0 Å². The van der Waals surface area contributed by atoms with E-state index in [1.165, 1.54) is 41.8 Å². The first-order chi connectivity index (χ1) is 13.4. The predicted molar refractivity (Wildman–Crippen MR) is 126 cm³/mol. The van der Waals surface area contributed by atoms with Crippen LogP contribution >= 0.6 is 20.3 Å². The topological polar surface area (TPSA) is 0 Å². The molecule has 3 aliphatic carbocycles. The van der Waals surface area contributed by atoms with E-state index in [1.54, 1.807) is 77.0 Å². The van der Waals surface area contributed by atoms with Gasteiger partial charge in [-0.15, -0.1) is 12.4 Å². The number of hydrogen-bond donors (Lipinski definition) is 0. The Morgan fingerprint density at radius 1 is 0.607 bits per heavy atom. The molecule has 0 aliphatic heterocycles. The average Bonchev–Trinajstić information content (AvgIpc) is 2.77. The zero-order valence-corrected chi connectivity index (χ0v) is 21.0. The van der Waals surface area contributed by atoms with Crippen molar-refractivity contribution in [2.75, 3.05) is 0 Å². The van der Waals surface area contributed by atoms with Crippen molar-refractivity contribution < 1.29 is 17.9 Å². The van der Waals surface area contributed by atoms with Gasteiger partial charge in [-0.1, -0.05) is 65.7 Å². The van der Waals surface area contributed by atoms with Gasteiger partial charge in [0.1, 0.15) is 0 Å². The van der Waals surface area contributed by atoms with Crippen LogP contribution in [0.1, 0.15) is 102 Å². The van der Waals surface area contributed by atoms with E-state index in [1.807, 2.05) is 22.8 Å². The van der Waals surface area contributed by atoms with Gasteiger partial charge >= 0.3 is 58.4 Å². The summed E-state index contributed by atoms with van der Waals surface area (Å²) >= 11 is 2.48. The molecule has 1 aromatic rings. The number of benzene rings is 1. The van der Waals surface area contributed by atoms with Gasteiger partial charge in [-0.2, -0.15) is 0 Å². The third-order valence-corrected chi connectivity index (χ3v) is 11.6. The minimum atomic E-state index is 0. The van der Waals surface area contributed by atoms with Gasteiger partial charge in [-0.3, -0.25) is 0 Å². The maximum absolute atomic E-state index is 2.48. The summed E-state index contributed by atoms with van der Waals surface area (Å²) in [6, 6.07) is 10.2. The van der Waals surface area contributed by atoms with Gasteiger partial charge in [-0.05, 0) is 55.5 Å². The van der Waals surface area contributed by atoms with Gasteiger partial charge < -0.3 is 0 Å². The molecular formula is C25H40ClPRu. The Bertz CT molecular complexity index is 474. The molecule has 0 bridgehead atoms. The molecule has 160 valence electrons. The molecule has 0 saturated heterocycles. The average molecular weight is 508 g/mol. The zero-order valence-electron chi connectivity index (χ0n) is 17.5. The molecule has 0 atom stereocenters. The van der Waals surface area contributed by atoms with E-state index in [0.717, 1.165) is 0 Å². The van der Waals surface area contributed by atoms with E-state index in [0.29, 0.717) is 7.92 Å². The second kappa shape index (κ2) is 14.4. The first-order valence-electron chi connectivity index (χ1n) is 11.6. The molecule has 0 heterocycles. The van der Waals surface area contributed by atoms with E-state index < -0.39 is 0 Å². The molecule has 28 heavy (non-hydrogen) atoms. The molecule has 0 aromatic heterocycles. The Kier molecular flexibility index (Phi) is 12.7. The van der Waals surface area contributed by atoms with E-state index >= 15 is 0 Å². The molecule has 3 saturated carbocycles. The van der Waals surface area contributed by atoms with Crippen molar-refractivity contribution in [3.05, 3.63) is 35.9 Å². The molecule has 3 heteroatoms. The van der Waals surface area contributed by atoms with Crippen LogP contribution in [0, 0.1) is 0 Å². The van der Waals surface area contributed by atoms with Crippen LogP contribution in [0.2, 0.25) is 0 Å². The van der Waals surface area contributed by atoms with Gasteiger partial charge in [-0.25, -0.2) is 0 Å². The van der Waals surface area contributed by atoms with Crippen LogP contribution in [0.5, 0.6) is 0 Å². The molecule has 0 N–H and O–H groups in total. The second-order valence-corrected chi connectivity index (χ2v) is 12.4. The summed E-state index contributed by atoms with van der Waals surface area (Å²) in [6.45, 7) is 0. The Labute approximate surface area is 191 Å². The van der Waals surface area contributed by atoms with Crippen LogP contribution in [-0.4, -0.2) is 21.6 Å². The van der Waals surface area contributed by atoms with Crippen LogP contribution in [0.4, 0.5) is 0 Å². The summed E-state index contributed by atoms with van der Waals surface area (Å²) in [5.41, 5.74) is 4.82. The van der Waals surface area contributed by atoms with Crippen molar-refractivity contribution in [1.82, 2.24) is 0 Å². The van der Waals surface area contributed by atoms with Crippen molar-refractivity contribution in [2.45, 2.75) is 113 Å². The third kappa shape index (κ3) is 7.93. The third-order valence-electron chi connectivity index (χ3n) is 6.91. The SMILES string of the molecule is C1CCC(P(C2CCCCC2)C2CCCCC2)CC1.Cl.[Ru]=[CH]c1ccccc1. The monoisotopic (exact) mass is 508 g/mol. The van der Waals surface area contributed by atoms with Crippen LogP contribution in [0.25, 0.3) is 0 Å². The van der Waals surface area contributed by atoms with Crippen LogP contribution < -0.4 is 0 Å². The van der Waals surface area contributed by atoms with Crippen molar-refractivity contribution >= 4 is 24.9 Å². The molecule has 0 spiro atoms. The zero-order chi connectivity index (χ0) is 18.7. The van der Waals surface area contributed by atoms with Crippen molar-refractivity contribution in [3.8, 4) is 0 Å². The number of rotatable bonds is 4. The Morgan fingerprint density at radius 2 is 0.964 bits per heavy atom. The van der Waals surface area contributed by atoms with E-state index in [2.05, 4.69) is 30.0 Å². The van der Waals surface area contributed by atoms with Crippen molar-refractivity contribution in [2.24, 2.45) is 0 Å². The molecule has 3 aliphatic rings. The summed E-state index contributed by atoms with van der Waals surface area (Å²) in [4.78, 5) is 0. The quantitative estimate of drug-likeness (QED) is 0.284. The Hall–Kier alpha value is 0.433. The van der Waals surface area contributed by atoms with Gasteiger partial charge in [0.2, 0.25) is 0 Å². The Balaban J connectivity index is 0.000000264. The summed E-state index contributed by atoms with van der Waals surface area (Å²) in [5, 5.41) is 0. The van der Waals surface area contributed by atoms with Crippen molar-refractivity contribution in [1.29, 1.82) is 0 Å². The molecule has 0 nitrogen and oxygen atoms in total. The minimum absolute atomic E-state index is 0. The number of halogens is 1. The van der Waals surface area contributed by atoms with Gasteiger partial charge in [0.25, 0.3) is 0 Å². The fraction of sp³-hybridized carbons (Fsp3) is 0.720. The standard InChI is InChI=1S/C18H33P.C7H6.ClH.Ru/c1-4-10-16(11-5-1)19(17-12-6-2-7-13-17)18-14-8-3-9-15-18;1-7-5-3-2-4-6-7;;/h16-18H,1-15H2;1-6H;1H;. The fourth-order valence-corrected chi connectivity index (χ4v) is 10.6. The maximum atomic E-state index is 2.48. The van der Waals surface area contributed by atoms with Crippen LogP contribution in [-0.2, 0) is 17.9 Å². The first-order valence-corrected chi connectivity index (χ1v) is 14.2. The summed E-state index contributed by atoms with van der Waals surface area (Å²) in [5.74, 6) is 0. The van der Waals surface area contributed by atoms with Gasteiger partial charge in [0.05, 0.1) is 0 Å². The van der Waals surface area contributed by atoms with E-state index in [-0.39, 0.29) is 12.4 Å².